The number of carboxylic acid groups (broad SMARTS) is 1. The van der Waals surface area contributed by atoms with Crippen molar-refractivity contribution in [1.29, 1.82) is 0 Å². The molecule has 2 amide bonds. The van der Waals surface area contributed by atoms with Crippen LogP contribution in [0.15, 0.2) is 29.2 Å². The van der Waals surface area contributed by atoms with E-state index in [1.165, 1.54) is 16.7 Å². The number of nitrogens with one attached hydrogen (secondary N) is 1. The Labute approximate surface area is 184 Å². The van der Waals surface area contributed by atoms with Crippen LogP contribution in [0.5, 0.6) is 0 Å². The van der Waals surface area contributed by atoms with E-state index in [1.54, 1.807) is 18.2 Å². The molecule has 1 aromatic rings. The molecule has 6 nitrogen and oxygen atoms in total. The number of carbonyl (C=O) groups excluding carboxylic acids is 2. The van der Waals surface area contributed by atoms with E-state index in [9.17, 15) is 14.4 Å². The molecule has 0 spiro atoms. The Kier molecular flexibility index (Phi) is 9.63. The summed E-state index contributed by atoms with van der Waals surface area (Å²) in [5, 5.41) is 12.0. The van der Waals surface area contributed by atoms with Crippen molar-refractivity contribution in [3.8, 4) is 0 Å². The highest BCUT2D eigenvalue weighted by Crippen LogP contribution is 2.32. The van der Waals surface area contributed by atoms with Crippen LogP contribution in [0.25, 0.3) is 6.08 Å². The van der Waals surface area contributed by atoms with Crippen molar-refractivity contribution in [2.24, 2.45) is 0 Å². The van der Waals surface area contributed by atoms with E-state index >= 15 is 0 Å². The van der Waals surface area contributed by atoms with E-state index in [1.807, 2.05) is 12.1 Å². The summed E-state index contributed by atoms with van der Waals surface area (Å²) in [6.45, 7) is 0.929. The Morgan fingerprint density at radius 1 is 1.14 bits per heavy atom. The first-order valence-corrected chi connectivity index (χ1v) is 11.0. The second-order valence-corrected chi connectivity index (χ2v) is 8.66. The van der Waals surface area contributed by atoms with Crippen LogP contribution in [0.4, 0.5) is 0 Å². The van der Waals surface area contributed by atoms with Gasteiger partial charge in [0.05, 0.1) is 4.91 Å². The number of nitrogens with zero attached hydrogens (tertiary/aromatic N) is 1. The number of unbranched alkanes of at least 4 members (excludes halogenated alkanes) is 2. The van der Waals surface area contributed by atoms with Crippen LogP contribution in [0, 0.1) is 0 Å². The molecule has 156 valence electrons. The van der Waals surface area contributed by atoms with Crippen molar-refractivity contribution in [2.45, 2.75) is 38.5 Å². The predicted molar refractivity (Wildman–Crippen MR) is 120 cm³/mol. The van der Waals surface area contributed by atoms with Crippen LogP contribution in [0.3, 0.4) is 0 Å². The van der Waals surface area contributed by atoms with Crippen LogP contribution >= 0.6 is 35.6 Å². The molecule has 0 aromatic heterocycles. The highest BCUT2D eigenvalue weighted by molar-refractivity contribution is 8.26. The number of thiocarbonyl (C=S) groups is 1. The Bertz CT molecular complexity index is 796. The highest BCUT2D eigenvalue weighted by atomic mass is 35.5. The number of rotatable bonds is 11. The summed E-state index contributed by atoms with van der Waals surface area (Å²) in [6.07, 6.45) is 4.90. The van der Waals surface area contributed by atoms with E-state index in [0.717, 1.165) is 18.4 Å². The van der Waals surface area contributed by atoms with Crippen LogP contribution in [-0.2, 0) is 14.4 Å². The molecule has 1 aliphatic rings. The zero-order valence-electron chi connectivity index (χ0n) is 15.9. The Morgan fingerprint density at radius 2 is 1.86 bits per heavy atom. The SMILES string of the molecule is O=C(O)CCCCCNC(=O)CCCN1C(=O)/C(=C/c2ccc(Cl)cc2)SC1=S. The maximum absolute atomic E-state index is 12.6. The van der Waals surface area contributed by atoms with Crippen molar-refractivity contribution >= 4 is 63.8 Å². The third kappa shape index (κ3) is 8.16. The van der Waals surface area contributed by atoms with Crippen molar-refractivity contribution in [3.05, 3.63) is 39.8 Å². The minimum absolute atomic E-state index is 0.0784. The highest BCUT2D eigenvalue weighted by Gasteiger charge is 2.31. The van der Waals surface area contributed by atoms with Crippen molar-refractivity contribution in [3.63, 3.8) is 0 Å². The molecule has 0 radical (unpaired) electrons. The molecule has 2 rings (SSSR count). The first kappa shape index (κ1) is 23.4. The second-order valence-electron chi connectivity index (χ2n) is 6.54. The van der Waals surface area contributed by atoms with E-state index in [0.29, 0.717) is 46.6 Å². The minimum Gasteiger partial charge on any atom is -0.481 e. The van der Waals surface area contributed by atoms with Gasteiger partial charge in [0, 0.05) is 31.0 Å². The summed E-state index contributed by atoms with van der Waals surface area (Å²) >= 11 is 12.4. The molecule has 0 bridgehead atoms. The summed E-state index contributed by atoms with van der Waals surface area (Å²) in [5.74, 6) is -1.02. The van der Waals surface area contributed by atoms with Crippen LogP contribution in [0.1, 0.15) is 44.1 Å². The molecule has 1 fully saturated rings. The third-order valence-corrected chi connectivity index (χ3v) is 5.85. The van der Waals surface area contributed by atoms with E-state index in [-0.39, 0.29) is 18.2 Å². The fourth-order valence-electron chi connectivity index (χ4n) is 2.70. The number of aliphatic carboxylic acids is 1. The predicted octanol–water partition coefficient (Wildman–Crippen LogP) is 4.08. The standard InChI is InChI=1S/C20H23ClN2O4S2/c21-15-9-7-14(8-10-15)13-16-19(27)23(20(28)29-16)12-4-5-17(24)22-11-3-1-2-6-18(25)26/h7-10,13H,1-6,11-12H2,(H,22,24)(H,25,26)/b16-13-. The molecule has 0 atom stereocenters. The van der Waals surface area contributed by atoms with Gasteiger partial charge in [-0.2, -0.15) is 0 Å². The third-order valence-electron chi connectivity index (χ3n) is 4.22. The second kappa shape index (κ2) is 11.9. The van der Waals surface area contributed by atoms with E-state index < -0.39 is 5.97 Å². The fraction of sp³-hybridized carbons (Fsp3) is 0.400. The normalized spacial score (nSPS) is 15.2. The van der Waals surface area contributed by atoms with Gasteiger partial charge in [-0.3, -0.25) is 19.3 Å². The molecular weight excluding hydrogens is 432 g/mol. The summed E-state index contributed by atoms with van der Waals surface area (Å²) in [4.78, 5) is 37.0. The molecule has 0 saturated carbocycles. The maximum Gasteiger partial charge on any atom is 0.303 e. The quantitative estimate of drug-likeness (QED) is 0.297. The molecule has 1 aliphatic heterocycles. The first-order valence-electron chi connectivity index (χ1n) is 9.36. The van der Waals surface area contributed by atoms with Gasteiger partial charge in [-0.25, -0.2) is 0 Å². The Balaban J connectivity index is 1.70. The number of carbonyl (C=O) groups is 3. The molecular formula is C20H23ClN2O4S2. The zero-order chi connectivity index (χ0) is 21.2. The Hall–Kier alpha value is -1.90. The van der Waals surface area contributed by atoms with Gasteiger partial charge in [-0.05, 0) is 43.0 Å². The lowest BCUT2D eigenvalue weighted by atomic mass is 10.2. The van der Waals surface area contributed by atoms with Crippen LogP contribution in [0.2, 0.25) is 5.02 Å². The number of benzene rings is 1. The van der Waals surface area contributed by atoms with Gasteiger partial charge in [-0.15, -0.1) is 0 Å². The van der Waals surface area contributed by atoms with Crippen molar-refractivity contribution in [2.75, 3.05) is 13.1 Å². The van der Waals surface area contributed by atoms with Crippen molar-refractivity contribution < 1.29 is 19.5 Å². The van der Waals surface area contributed by atoms with Gasteiger partial charge in [0.15, 0.2) is 0 Å². The van der Waals surface area contributed by atoms with Gasteiger partial charge in [-0.1, -0.05) is 54.1 Å². The first-order chi connectivity index (χ1) is 13.9. The van der Waals surface area contributed by atoms with Gasteiger partial charge in [0.1, 0.15) is 4.32 Å². The average molecular weight is 455 g/mol. The van der Waals surface area contributed by atoms with Gasteiger partial charge in [0.25, 0.3) is 5.91 Å². The summed E-state index contributed by atoms with van der Waals surface area (Å²) in [7, 11) is 0. The largest absolute Gasteiger partial charge is 0.481 e. The lowest BCUT2D eigenvalue weighted by Gasteiger charge is -2.14. The molecule has 1 aromatic carbocycles. The minimum atomic E-state index is -0.798. The smallest absolute Gasteiger partial charge is 0.303 e. The number of halogens is 1. The zero-order valence-corrected chi connectivity index (χ0v) is 18.2. The molecule has 0 aliphatic carbocycles. The fourth-order valence-corrected chi connectivity index (χ4v) is 4.13. The Morgan fingerprint density at radius 3 is 2.55 bits per heavy atom. The average Bonchev–Trinajstić information content (AvgIpc) is 2.93. The van der Waals surface area contributed by atoms with Gasteiger partial charge < -0.3 is 10.4 Å². The molecule has 9 heteroatoms. The lowest BCUT2D eigenvalue weighted by molar-refractivity contribution is -0.137. The monoisotopic (exact) mass is 454 g/mol. The molecule has 1 heterocycles. The van der Waals surface area contributed by atoms with E-state index in [2.05, 4.69) is 5.32 Å². The lowest BCUT2D eigenvalue weighted by Crippen LogP contribution is -2.30. The number of carboxylic acids is 1. The number of amides is 2. The molecule has 29 heavy (non-hydrogen) atoms. The topological polar surface area (TPSA) is 86.7 Å². The van der Waals surface area contributed by atoms with Gasteiger partial charge >= 0.3 is 5.97 Å². The number of hydrogen-bond acceptors (Lipinski definition) is 5. The molecule has 2 N–H and O–H groups in total. The summed E-state index contributed by atoms with van der Waals surface area (Å²) in [5.41, 5.74) is 0.873. The van der Waals surface area contributed by atoms with Crippen molar-refractivity contribution in [1.82, 2.24) is 10.2 Å². The maximum atomic E-state index is 12.6. The summed E-state index contributed by atoms with van der Waals surface area (Å²) in [6, 6.07) is 7.19. The van der Waals surface area contributed by atoms with Crippen LogP contribution < -0.4 is 5.32 Å². The number of thioether (sulfide) groups is 1. The summed E-state index contributed by atoms with van der Waals surface area (Å²) < 4.78 is 0.494. The molecule has 1 saturated heterocycles. The van der Waals surface area contributed by atoms with E-state index in [4.69, 9.17) is 28.9 Å². The number of hydrogen-bond donors (Lipinski definition) is 2. The van der Waals surface area contributed by atoms with Crippen LogP contribution in [-0.4, -0.2) is 45.2 Å². The van der Waals surface area contributed by atoms with Gasteiger partial charge in [0.2, 0.25) is 5.91 Å². The molecule has 0 unspecified atom stereocenters.